The Morgan fingerprint density at radius 3 is 2.89 bits per heavy atom. The van der Waals surface area contributed by atoms with Crippen LogP contribution in [0.2, 0.25) is 0 Å². The molecule has 1 aromatic rings. The van der Waals surface area contributed by atoms with Gasteiger partial charge in [-0.2, -0.15) is 0 Å². The monoisotopic (exact) mass is 258 g/mol. The van der Waals surface area contributed by atoms with Crippen LogP contribution < -0.4 is 0 Å². The van der Waals surface area contributed by atoms with Crippen LogP contribution >= 0.6 is 0 Å². The van der Waals surface area contributed by atoms with Crippen molar-refractivity contribution in [2.75, 3.05) is 0 Å². The fourth-order valence-electron chi connectivity index (χ4n) is 3.49. The van der Waals surface area contributed by atoms with Crippen LogP contribution in [0.1, 0.15) is 38.2 Å². The summed E-state index contributed by atoms with van der Waals surface area (Å²) >= 11 is 0. The summed E-state index contributed by atoms with van der Waals surface area (Å²) < 4.78 is 12.4. The smallest absolute Gasteiger partial charge is 0.0925 e. The van der Waals surface area contributed by atoms with Crippen LogP contribution in [0.5, 0.6) is 0 Å². The predicted octanol–water partition coefficient (Wildman–Crippen LogP) is 3.86. The van der Waals surface area contributed by atoms with Gasteiger partial charge in [0.25, 0.3) is 0 Å². The van der Waals surface area contributed by atoms with Crippen molar-refractivity contribution in [2.24, 2.45) is 0 Å². The van der Waals surface area contributed by atoms with Crippen LogP contribution in [0.4, 0.5) is 0 Å². The Morgan fingerprint density at radius 1 is 1.37 bits per heavy atom. The van der Waals surface area contributed by atoms with Crippen LogP contribution in [-0.2, 0) is 16.1 Å². The minimum atomic E-state index is -0.0994. The number of rotatable bonds is 5. The molecule has 2 heterocycles. The van der Waals surface area contributed by atoms with E-state index in [-0.39, 0.29) is 17.3 Å². The summed E-state index contributed by atoms with van der Waals surface area (Å²) in [5, 5.41) is 0. The Hall–Kier alpha value is -1.12. The van der Waals surface area contributed by atoms with Gasteiger partial charge in [0, 0.05) is 6.42 Å². The Morgan fingerprint density at radius 2 is 2.16 bits per heavy atom. The van der Waals surface area contributed by atoms with Gasteiger partial charge in [-0.15, -0.1) is 6.58 Å². The topological polar surface area (TPSA) is 18.5 Å². The summed E-state index contributed by atoms with van der Waals surface area (Å²) in [6.45, 7) is 6.73. The highest BCUT2D eigenvalue weighted by molar-refractivity contribution is 5.14. The van der Waals surface area contributed by atoms with Crippen molar-refractivity contribution >= 4 is 0 Å². The van der Waals surface area contributed by atoms with E-state index in [1.807, 2.05) is 12.1 Å². The van der Waals surface area contributed by atoms with Crippen LogP contribution in [0.15, 0.2) is 43.0 Å². The lowest BCUT2D eigenvalue weighted by molar-refractivity contribution is -0.0854. The molecule has 1 aromatic carbocycles. The van der Waals surface area contributed by atoms with Gasteiger partial charge in [-0.25, -0.2) is 0 Å². The molecule has 2 nitrogen and oxygen atoms in total. The first-order chi connectivity index (χ1) is 9.16. The van der Waals surface area contributed by atoms with Crippen molar-refractivity contribution in [3.8, 4) is 0 Å². The molecule has 0 amide bonds. The zero-order chi connectivity index (χ0) is 13.3. The fraction of sp³-hybridized carbons (Fsp3) is 0.529. The first-order valence-electron chi connectivity index (χ1n) is 7.12. The highest BCUT2D eigenvalue weighted by Gasteiger charge is 2.58. The second kappa shape index (κ2) is 4.77. The Balaban J connectivity index is 1.65. The summed E-state index contributed by atoms with van der Waals surface area (Å²) in [6.07, 6.45) is 6.36. The highest BCUT2D eigenvalue weighted by Crippen LogP contribution is 2.53. The lowest BCUT2D eigenvalue weighted by Gasteiger charge is -2.29. The molecule has 2 bridgehead atoms. The molecule has 3 rings (SSSR count). The van der Waals surface area contributed by atoms with Gasteiger partial charge in [-0.3, -0.25) is 0 Å². The number of fused-ring (bicyclic) bond motifs is 2. The van der Waals surface area contributed by atoms with Crippen molar-refractivity contribution in [3.05, 3.63) is 48.6 Å². The molecule has 2 fully saturated rings. The van der Waals surface area contributed by atoms with Crippen LogP contribution in [0.25, 0.3) is 0 Å². The van der Waals surface area contributed by atoms with E-state index in [2.05, 4.69) is 37.8 Å². The Kier molecular flexibility index (Phi) is 3.23. The van der Waals surface area contributed by atoms with Gasteiger partial charge in [0.1, 0.15) is 0 Å². The van der Waals surface area contributed by atoms with E-state index in [0.29, 0.717) is 6.61 Å². The molecule has 2 aliphatic rings. The van der Waals surface area contributed by atoms with Crippen molar-refractivity contribution in [1.29, 1.82) is 0 Å². The molecule has 0 aromatic heterocycles. The second-order valence-electron chi connectivity index (χ2n) is 6.08. The molecule has 2 aliphatic heterocycles. The Bertz CT molecular complexity index is 456. The van der Waals surface area contributed by atoms with Gasteiger partial charge in [0.05, 0.1) is 23.9 Å². The SMILES string of the molecule is C=CCC12CCC(C)(O1)C(OCc1ccccc1)C2. The van der Waals surface area contributed by atoms with Crippen molar-refractivity contribution < 1.29 is 9.47 Å². The van der Waals surface area contributed by atoms with Crippen LogP contribution in [-0.4, -0.2) is 17.3 Å². The number of hydrogen-bond acceptors (Lipinski definition) is 2. The lowest BCUT2D eigenvalue weighted by atomic mass is 9.79. The van der Waals surface area contributed by atoms with E-state index in [1.165, 1.54) is 5.56 Å². The van der Waals surface area contributed by atoms with E-state index in [4.69, 9.17) is 9.47 Å². The zero-order valence-corrected chi connectivity index (χ0v) is 11.6. The fourth-order valence-corrected chi connectivity index (χ4v) is 3.49. The molecular formula is C17H22O2. The minimum Gasteiger partial charge on any atom is -0.370 e. The van der Waals surface area contributed by atoms with E-state index < -0.39 is 0 Å². The third-order valence-corrected chi connectivity index (χ3v) is 4.58. The molecule has 19 heavy (non-hydrogen) atoms. The summed E-state index contributed by atoms with van der Waals surface area (Å²) in [5.41, 5.74) is 1.13. The highest BCUT2D eigenvalue weighted by atomic mass is 16.6. The van der Waals surface area contributed by atoms with Gasteiger partial charge in [-0.05, 0) is 31.7 Å². The first kappa shape index (κ1) is 12.9. The maximum atomic E-state index is 6.29. The molecule has 0 saturated carbocycles. The molecule has 3 atom stereocenters. The van der Waals surface area contributed by atoms with Gasteiger partial charge < -0.3 is 9.47 Å². The summed E-state index contributed by atoms with van der Waals surface area (Å²) in [7, 11) is 0. The second-order valence-corrected chi connectivity index (χ2v) is 6.08. The third-order valence-electron chi connectivity index (χ3n) is 4.58. The minimum absolute atomic E-state index is 0.00213. The van der Waals surface area contributed by atoms with E-state index in [1.54, 1.807) is 0 Å². The van der Waals surface area contributed by atoms with Gasteiger partial charge in [0.15, 0.2) is 0 Å². The number of benzene rings is 1. The van der Waals surface area contributed by atoms with E-state index >= 15 is 0 Å². The molecule has 2 heteroatoms. The Labute approximate surface area is 115 Å². The van der Waals surface area contributed by atoms with Crippen molar-refractivity contribution in [1.82, 2.24) is 0 Å². The molecule has 102 valence electrons. The average molecular weight is 258 g/mol. The molecule has 0 aliphatic carbocycles. The predicted molar refractivity (Wildman–Crippen MR) is 75.9 cm³/mol. The quantitative estimate of drug-likeness (QED) is 0.747. The van der Waals surface area contributed by atoms with Crippen LogP contribution in [0.3, 0.4) is 0 Å². The van der Waals surface area contributed by atoms with Gasteiger partial charge in [-0.1, -0.05) is 36.4 Å². The molecule has 0 spiro atoms. The summed E-state index contributed by atoms with van der Waals surface area (Å²) in [5.74, 6) is 0. The maximum absolute atomic E-state index is 6.29. The molecule has 3 unspecified atom stereocenters. The summed E-state index contributed by atoms with van der Waals surface area (Å²) in [6, 6.07) is 10.4. The molecule has 0 radical (unpaired) electrons. The van der Waals surface area contributed by atoms with Crippen molar-refractivity contribution in [2.45, 2.75) is 56.5 Å². The third kappa shape index (κ3) is 2.35. The summed E-state index contributed by atoms with van der Waals surface area (Å²) in [4.78, 5) is 0. The van der Waals surface area contributed by atoms with E-state index in [9.17, 15) is 0 Å². The van der Waals surface area contributed by atoms with Crippen molar-refractivity contribution in [3.63, 3.8) is 0 Å². The largest absolute Gasteiger partial charge is 0.370 e. The standard InChI is InChI=1S/C17H22O2/c1-3-9-17-11-10-16(2,19-17)15(12-17)18-13-14-7-5-4-6-8-14/h3-8,15H,1,9-13H2,2H3. The first-order valence-corrected chi connectivity index (χ1v) is 7.12. The number of hydrogen-bond donors (Lipinski definition) is 0. The molecule has 0 N–H and O–H groups in total. The average Bonchev–Trinajstić information content (AvgIpc) is 2.88. The molecular weight excluding hydrogens is 236 g/mol. The normalized spacial score (nSPS) is 36.6. The number of ether oxygens (including phenoxy) is 2. The van der Waals surface area contributed by atoms with Crippen LogP contribution in [0, 0.1) is 0 Å². The lowest BCUT2D eigenvalue weighted by Crippen LogP contribution is -2.37. The van der Waals surface area contributed by atoms with E-state index in [0.717, 1.165) is 25.7 Å². The maximum Gasteiger partial charge on any atom is 0.0925 e. The van der Waals surface area contributed by atoms with Gasteiger partial charge >= 0.3 is 0 Å². The van der Waals surface area contributed by atoms with Gasteiger partial charge in [0.2, 0.25) is 0 Å². The zero-order valence-electron chi connectivity index (χ0n) is 11.6. The molecule has 2 saturated heterocycles.